The molecule has 0 spiro atoms. The highest BCUT2D eigenvalue weighted by Gasteiger charge is 2.19. The molecular weight excluding hydrogens is 338 g/mol. The Morgan fingerprint density at radius 1 is 1.07 bits per heavy atom. The minimum atomic E-state index is -0.513. The molecule has 0 heterocycles. The van der Waals surface area contributed by atoms with Gasteiger partial charge in [-0.05, 0) is 56.9 Å². The predicted octanol–water partition coefficient (Wildman–Crippen LogP) is 5.28. The van der Waals surface area contributed by atoms with Gasteiger partial charge in [0.1, 0.15) is 18.0 Å². The van der Waals surface area contributed by atoms with Crippen molar-refractivity contribution in [3.8, 4) is 5.75 Å². The van der Waals surface area contributed by atoms with Gasteiger partial charge in [0.15, 0.2) is 0 Å². The zero-order valence-corrected chi connectivity index (χ0v) is 16.4. The summed E-state index contributed by atoms with van der Waals surface area (Å²) in [5.74, 6) is 0.822. The molecule has 0 aliphatic heterocycles. The Morgan fingerprint density at radius 2 is 1.74 bits per heavy atom. The molecule has 4 nitrogen and oxygen atoms in total. The first-order valence-corrected chi connectivity index (χ1v) is 9.22. The van der Waals surface area contributed by atoms with Crippen molar-refractivity contribution in [1.29, 1.82) is 0 Å². The second-order valence-electron chi connectivity index (χ2n) is 7.49. The molecule has 1 unspecified atom stereocenters. The van der Waals surface area contributed by atoms with Crippen molar-refractivity contribution < 1.29 is 14.3 Å². The summed E-state index contributed by atoms with van der Waals surface area (Å²) in [7, 11) is 0. The van der Waals surface area contributed by atoms with Gasteiger partial charge in [-0.3, -0.25) is 0 Å². The van der Waals surface area contributed by atoms with Crippen LogP contribution in [0.2, 0.25) is 0 Å². The van der Waals surface area contributed by atoms with Gasteiger partial charge in [0.05, 0.1) is 0 Å². The van der Waals surface area contributed by atoms with Crippen LogP contribution < -0.4 is 10.1 Å². The number of nitrogens with one attached hydrogen (secondary N) is 1. The van der Waals surface area contributed by atoms with Crippen molar-refractivity contribution in [2.45, 2.75) is 51.9 Å². The molecule has 0 saturated carbocycles. The summed E-state index contributed by atoms with van der Waals surface area (Å²) in [6.45, 7) is 9.87. The lowest BCUT2D eigenvalue weighted by Crippen LogP contribution is -2.40. The van der Waals surface area contributed by atoms with E-state index in [1.165, 1.54) is 0 Å². The second kappa shape index (κ2) is 9.81. The third kappa shape index (κ3) is 7.99. The molecule has 0 bridgehead atoms. The van der Waals surface area contributed by atoms with E-state index in [9.17, 15) is 4.79 Å². The molecule has 0 aromatic heterocycles. The van der Waals surface area contributed by atoms with Crippen LogP contribution >= 0.6 is 0 Å². The fourth-order valence-electron chi connectivity index (χ4n) is 2.62. The third-order valence-electron chi connectivity index (χ3n) is 3.83. The Labute approximate surface area is 162 Å². The van der Waals surface area contributed by atoms with E-state index in [-0.39, 0.29) is 6.04 Å². The lowest BCUT2D eigenvalue weighted by atomic mass is 10.0. The number of hydrogen-bond acceptors (Lipinski definition) is 3. The lowest BCUT2D eigenvalue weighted by Gasteiger charge is -2.23. The summed E-state index contributed by atoms with van der Waals surface area (Å²) in [5, 5.41) is 2.92. The predicted molar refractivity (Wildman–Crippen MR) is 109 cm³/mol. The molecule has 2 aromatic carbocycles. The summed E-state index contributed by atoms with van der Waals surface area (Å²) in [6.07, 6.45) is 2.77. The van der Waals surface area contributed by atoms with Crippen molar-refractivity contribution in [3.05, 3.63) is 78.4 Å². The van der Waals surface area contributed by atoms with Crippen LogP contribution in [-0.4, -0.2) is 17.7 Å². The van der Waals surface area contributed by atoms with Crippen molar-refractivity contribution in [2.24, 2.45) is 0 Å². The Morgan fingerprint density at radius 3 is 2.33 bits per heavy atom. The SMILES string of the molecule is C=CCC(Cc1ccc(OCc2ccccc2)cc1)NC(=O)OC(C)(C)C. The van der Waals surface area contributed by atoms with Gasteiger partial charge in [-0.2, -0.15) is 0 Å². The van der Waals surface area contributed by atoms with Crippen molar-refractivity contribution in [2.75, 3.05) is 0 Å². The number of ether oxygens (including phenoxy) is 2. The maximum Gasteiger partial charge on any atom is 0.407 e. The van der Waals surface area contributed by atoms with E-state index in [0.717, 1.165) is 16.9 Å². The van der Waals surface area contributed by atoms with Gasteiger partial charge in [0, 0.05) is 6.04 Å². The highest BCUT2D eigenvalue weighted by molar-refractivity contribution is 5.68. The van der Waals surface area contributed by atoms with Crippen LogP contribution in [0.25, 0.3) is 0 Å². The van der Waals surface area contributed by atoms with Gasteiger partial charge in [-0.1, -0.05) is 48.5 Å². The monoisotopic (exact) mass is 367 g/mol. The third-order valence-corrected chi connectivity index (χ3v) is 3.83. The van der Waals surface area contributed by atoms with E-state index >= 15 is 0 Å². The summed E-state index contributed by atoms with van der Waals surface area (Å²) in [5.41, 5.74) is 1.74. The van der Waals surface area contributed by atoms with Crippen LogP contribution in [0.1, 0.15) is 38.3 Å². The van der Waals surface area contributed by atoms with E-state index in [1.807, 2.05) is 75.4 Å². The number of amides is 1. The Bertz CT molecular complexity index is 718. The fraction of sp³-hybridized carbons (Fsp3) is 0.348. The lowest BCUT2D eigenvalue weighted by molar-refractivity contribution is 0.0504. The van der Waals surface area contributed by atoms with Crippen LogP contribution in [0.3, 0.4) is 0 Å². The molecule has 0 fully saturated rings. The maximum absolute atomic E-state index is 12.0. The van der Waals surface area contributed by atoms with Gasteiger partial charge in [0.25, 0.3) is 0 Å². The van der Waals surface area contributed by atoms with E-state index in [0.29, 0.717) is 19.4 Å². The molecule has 1 atom stereocenters. The highest BCUT2D eigenvalue weighted by Crippen LogP contribution is 2.16. The molecule has 4 heteroatoms. The van der Waals surface area contributed by atoms with E-state index in [2.05, 4.69) is 11.9 Å². The Hall–Kier alpha value is -2.75. The summed E-state index contributed by atoms with van der Waals surface area (Å²) < 4.78 is 11.2. The van der Waals surface area contributed by atoms with Gasteiger partial charge in [-0.25, -0.2) is 4.79 Å². The average molecular weight is 367 g/mol. The minimum Gasteiger partial charge on any atom is -0.489 e. The van der Waals surface area contributed by atoms with Crippen LogP contribution in [0.5, 0.6) is 5.75 Å². The quantitative estimate of drug-likeness (QED) is 0.646. The average Bonchev–Trinajstić information content (AvgIpc) is 2.60. The first-order valence-electron chi connectivity index (χ1n) is 9.22. The fourth-order valence-corrected chi connectivity index (χ4v) is 2.62. The van der Waals surface area contributed by atoms with Crippen molar-refractivity contribution in [1.82, 2.24) is 5.32 Å². The van der Waals surface area contributed by atoms with E-state index < -0.39 is 11.7 Å². The first kappa shape index (κ1) is 20.6. The van der Waals surface area contributed by atoms with Crippen LogP contribution in [0, 0.1) is 0 Å². The molecule has 0 radical (unpaired) electrons. The molecule has 144 valence electrons. The number of carbonyl (C=O) groups is 1. The van der Waals surface area contributed by atoms with Gasteiger partial charge in [-0.15, -0.1) is 6.58 Å². The van der Waals surface area contributed by atoms with Crippen molar-refractivity contribution >= 4 is 6.09 Å². The van der Waals surface area contributed by atoms with Gasteiger partial charge in [0.2, 0.25) is 0 Å². The van der Waals surface area contributed by atoms with E-state index in [4.69, 9.17) is 9.47 Å². The van der Waals surface area contributed by atoms with Crippen LogP contribution in [0.15, 0.2) is 67.3 Å². The number of alkyl carbamates (subject to hydrolysis) is 1. The topological polar surface area (TPSA) is 47.6 Å². The molecule has 0 aliphatic rings. The number of carbonyl (C=O) groups excluding carboxylic acids is 1. The van der Waals surface area contributed by atoms with Crippen LogP contribution in [-0.2, 0) is 17.8 Å². The molecular formula is C23H29NO3. The zero-order valence-electron chi connectivity index (χ0n) is 16.4. The number of rotatable bonds is 8. The Balaban J connectivity index is 1.89. The zero-order chi connectivity index (χ0) is 19.7. The normalized spacial score (nSPS) is 12.1. The molecule has 0 saturated heterocycles. The smallest absolute Gasteiger partial charge is 0.407 e. The maximum atomic E-state index is 12.0. The van der Waals surface area contributed by atoms with Crippen LogP contribution in [0.4, 0.5) is 4.79 Å². The number of hydrogen-bond donors (Lipinski definition) is 1. The van der Waals surface area contributed by atoms with E-state index in [1.54, 1.807) is 6.08 Å². The standard InChI is InChI=1S/C23H29NO3/c1-5-9-20(24-22(25)27-23(2,3)4)16-18-12-14-21(15-13-18)26-17-19-10-7-6-8-11-19/h5-8,10-15,20H,1,9,16-17H2,2-4H3,(H,24,25). The molecule has 27 heavy (non-hydrogen) atoms. The highest BCUT2D eigenvalue weighted by atomic mass is 16.6. The minimum absolute atomic E-state index is 0.0616. The summed E-state index contributed by atoms with van der Waals surface area (Å²) >= 11 is 0. The van der Waals surface area contributed by atoms with Crippen molar-refractivity contribution in [3.63, 3.8) is 0 Å². The second-order valence-corrected chi connectivity index (χ2v) is 7.49. The molecule has 2 aromatic rings. The summed E-state index contributed by atoms with van der Waals surface area (Å²) in [4.78, 5) is 12.0. The summed E-state index contributed by atoms with van der Waals surface area (Å²) in [6, 6.07) is 18.0. The number of benzene rings is 2. The van der Waals surface area contributed by atoms with Gasteiger partial charge >= 0.3 is 6.09 Å². The van der Waals surface area contributed by atoms with Gasteiger partial charge < -0.3 is 14.8 Å². The molecule has 1 N–H and O–H groups in total. The first-order chi connectivity index (χ1) is 12.9. The Kier molecular flexibility index (Phi) is 7.47. The molecule has 1 amide bonds. The molecule has 0 aliphatic carbocycles. The largest absolute Gasteiger partial charge is 0.489 e. The molecule has 2 rings (SSSR count).